The van der Waals surface area contributed by atoms with Gasteiger partial charge >= 0.3 is 0 Å². The Bertz CT molecular complexity index is 902. The third-order valence-electron chi connectivity index (χ3n) is 4.41. The first-order valence-corrected chi connectivity index (χ1v) is 11.8. The average Bonchev–Trinajstić information content (AvgIpc) is 3.19. The third-order valence-corrected chi connectivity index (χ3v) is 7.60. The van der Waals surface area contributed by atoms with Crippen molar-refractivity contribution >= 4 is 55.6 Å². The number of carbonyl (C=O) groups is 1. The van der Waals surface area contributed by atoms with Crippen molar-refractivity contribution < 1.29 is 13.2 Å². The Morgan fingerprint density at radius 2 is 2.07 bits per heavy atom. The Morgan fingerprint density at radius 1 is 1.32 bits per heavy atom. The zero-order valence-corrected chi connectivity index (χ0v) is 18.0. The van der Waals surface area contributed by atoms with Crippen molar-refractivity contribution in [1.29, 1.82) is 0 Å². The van der Waals surface area contributed by atoms with Crippen LogP contribution in [-0.2, 0) is 14.8 Å². The van der Waals surface area contributed by atoms with Crippen molar-refractivity contribution in [3.05, 3.63) is 39.8 Å². The van der Waals surface area contributed by atoms with Crippen LogP contribution in [0.5, 0.6) is 0 Å². The number of piperidine rings is 1. The summed E-state index contributed by atoms with van der Waals surface area (Å²) < 4.78 is 27.0. The van der Waals surface area contributed by atoms with Crippen molar-refractivity contribution in [2.45, 2.75) is 17.7 Å². The molecule has 0 spiro atoms. The second-order valence-electron chi connectivity index (χ2n) is 6.45. The van der Waals surface area contributed by atoms with Crippen LogP contribution in [0.15, 0.2) is 34.7 Å². The van der Waals surface area contributed by atoms with Gasteiger partial charge in [0.25, 0.3) is 0 Å². The lowest BCUT2D eigenvalue weighted by atomic mass is 9.98. The number of halogens is 2. The topological polar surface area (TPSA) is 91.4 Å². The second kappa shape index (κ2) is 9.41. The number of nitrogens with one attached hydrogen (secondary N) is 2. The largest absolute Gasteiger partial charge is 0.355 e. The summed E-state index contributed by atoms with van der Waals surface area (Å²) in [7, 11) is -3.99. The van der Waals surface area contributed by atoms with Gasteiger partial charge in [0.15, 0.2) is 5.13 Å². The third kappa shape index (κ3) is 5.36. The lowest BCUT2D eigenvalue weighted by molar-refractivity contribution is -0.120. The molecule has 0 aliphatic carbocycles. The van der Waals surface area contributed by atoms with Crippen molar-refractivity contribution in [2.75, 3.05) is 31.1 Å². The van der Waals surface area contributed by atoms with Crippen LogP contribution in [0.1, 0.15) is 12.8 Å². The Balaban J connectivity index is 1.49. The molecule has 2 aromatic rings. The first-order valence-electron chi connectivity index (χ1n) is 8.71. The van der Waals surface area contributed by atoms with E-state index in [1.54, 1.807) is 23.6 Å². The molecule has 0 radical (unpaired) electrons. The van der Waals surface area contributed by atoms with Gasteiger partial charge in [-0.1, -0.05) is 29.3 Å². The molecule has 1 aliphatic rings. The minimum Gasteiger partial charge on any atom is -0.355 e. The number of thiazole rings is 1. The summed E-state index contributed by atoms with van der Waals surface area (Å²) in [5.74, 6) is -0.116. The smallest absolute Gasteiger partial charge is 0.244 e. The Labute approximate surface area is 178 Å². The highest BCUT2D eigenvalue weighted by molar-refractivity contribution is 7.89. The predicted molar refractivity (Wildman–Crippen MR) is 112 cm³/mol. The van der Waals surface area contributed by atoms with E-state index in [9.17, 15) is 13.2 Å². The Hall–Kier alpha value is -1.39. The molecule has 1 fully saturated rings. The van der Waals surface area contributed by atoms with Gasteiger partial charge in [-0.25, -0.2) is 18.1 Å². The monoisotopic (exact) mass is 462 g/mol. The van der Waals surface area contributed by atoms with Crippen molar-refractivity contribution in [2.24, 2.45) is 5.92 Å². The molecule has 2 N–H and O–H groups in total. The molecule has 152 valence electrons. The molecular weight excluding hydrogens is 443 g/mol. The van der Waals surface area contributed by atoms with Crippen LogP contribution in [0.2, 0.25) is 10.0 Å². The van der Waals surface area contributed by atoms with E-state index in [0.717, 1.165) is 31.1 Å². The van der Waals surface area contributed by atoms with E-state index in [1.807, 2.05) is 5.38 Å². The van der Waals surface area contributed by atoms with Crippen LogP contribution in [0.4, 0.5) is 5.13 Å². The van der Waals surface area contributed by atoms with E-state index in [2.05, 4.69) is 19.9 Å². The molecule has 28 heavy (non-hydrogen) atoms. The number of anilines is 1. The summed E-state index contributed by atoms with van der Waals surface area (Å²) in [5.41, 5.74) is 0. The van der Waals surface area contributed by atoms with Crippen LogP contribution in [0, 0.1) is 5.92 Å². The molecule has 1 amide bonds. The molecule has 3 rings (SSSR count). The standard InChI is InChI=1S/C17H20Cl2N4O3S2/c18-13-4-1-5-14(19)16(13)28(25,26)22-10-15(24)21-9-12-3-2-7-23(11-12)17-20-6-8-27-17/h1,4-6,8,12,22H,2-3,7,9-11H2,(H,21,24). The number of nitrogens with zero attached hydrogens (tertiary/aromatic N) is 2. The number of hydrogen-bond acceptors (Lipinski definition) is 6. The highest BCUT2D eigenvalue weighted by Crippen LogP contribution is 2.28. The van der Waals surface area contributed by atoms with Gasteiger partial charge < -0.3 is 10.2 Å². The normalized spacial score (nSPS) is 17.5. The maximum absolute atomic E-state index is 12.4. The SMILES string of the molecule is O=C(CNS(=O)(=O)c1c(Cl)cccc1Cl)NCC1CCCN(c2nccs2)C1. The van der Waals surface area contributed by atoms with Crippen LogP contribution in [0.3, 0.4) is 0 Å². The van der Waals surface area contributed by atoms with Gasteiger partial charge in [0.2, 0.25) is 15.9 Å². The maximum atomic E-state index is 12.4. The molecule has 11 heteroatoms. The summed E-state index contributed by atoms with van der Waals surface area (Å²) in [4.78, 5) is 18.4. The van der Waals surface area contributed by atoms with E-state index >= 15 is 0 Å². The molecule has 0 saturated carbocycles. The van der Waals surface area contributed by atoms with Gasteiger partial charge in [0, 0.05) is 31.2 Å². The number of carbonyl (C=O) groups excluding carboxylic acids is 1. The van der Waals surface area contributed by atoms with Crippen LogP contribution < -0.4 is 14.9 Å². The Morgan fingerprint density at radius 3 is 2.75 bits per heavy atom. The van der Waals surface area contributed by atoms with E-state index in [1.165, 1.54) is 12.1 Å². The molecule has 1 saturated heterocycles. The van der Waals surface area contributed by atoms with Crippen LogP contribution in [0.25, 0.3) is 0 Å². The lowest BCUT2D eigenvalue weighted by Crippen LogP contribution is -2.43. The van der Waals surface area contributed by atoms with Crippen LogP contribution >= 0.6 is 34.5 Å². The van der Waals surface area contributed by atoms with E-state index in [0.29, 0.717) is 6.54 Å². The quantitative estimate of drug-likeness (QED) is 0.659. The molecule has 1 aromatic carbocycles. The molecule has 0 bridgehead atoms. The number of hydrogen-bond donors (Lipinski definition) is 2. The fourth-order valence-corrected chi connectivity index (χ4v) is 5.87. The summed E-state index contributed by atoms with van der Waals surface area (Å²) in [6.07, 6.45) is 3.81. The fourth-order valence-electron chi connectivity index (χ4n) is 3.07. The molecule has 2 heterocycles. The summed E-state index contributed by atoms with van der Waals surface area (Å²) in [5, 5.41) is 5.73. The van der Waals surface area contributed by atoms with Gasteiger partial charge in [-0.05, 0) is 30.9 Å². The van der Waals surface area contributed by atoms with Gasteiger partial charge in [0.1, 0.15) is 4.90 Å². The molecule has 1 aromatic heterocycles. The lowest BCUT2D eigenvalue weighted by Gasteiger charge is -2.32. The summed E-state index contributed by atoms with van der Waals surface area (Å²) in [6.45, 7) is 1.87. The predicted octanol–water partition coefficient (Wildman–Crippen LogP) is 2.76. The van der Waals surface area contributed by atoms with E-state index < -0.39 is 15.9 Å². The zero-order valence-electron chi connectivity index (χ0n) is 14.9. The Kier molecular flexibility index (Phi) is 7.16. The van der Waals surface area contributed by atoms with Crippen molar-refractivity contribution in [3.8, 4) is 0 Å². The molecule has 1 unspecified atom stereocenters. The van der Waals surface area contributed by atoms with E-state index in [4.69, 9.17) is 23.2 Å². The second-order valence-corrected chi connectivity index (χ2v) is 9.84. The zero-order chi connectivity index (χ0) is 20.1. The molecule has 1 aliphatic heterocycles. The van der Waals surface area contributed by atoms with Gasteiger partial charge in [-0.3, -0.25) is 4.79 Å². The fraction of sp³-hybridized carbons (Fsp3) is 0.412. The van der Waals surface area contributed by atoms with Crippen molar-refractivity contribution in [3.63, 3.8) is 0 Å². The summed E-state index contributed by atoms with van der Waals surface area (Å²) >= 11 is 13.5. The number of rotatable bonds is 7. The van der Waals surface area contributed by atoms with E-state index in [-0.39, 0.29) is 27.4 Å². The molecular formula is C17H20Cl2N4O3S2. The number of benzene rings is 1. The first kappa shape index (κ1) is 21.3. The van der Waals surface area contributed by atoms with Crippen LogP contribution in [-0.4, -0.2) is 45.5 Å². The highest BCUT2D eigenvalue weighted by atomic mass is 35.5. The number of aromatic nitrogens is 1. The average molecular weight is 463 g/mol. The molecule has 7 nitrogen and oxygen atoms in total. The maximum Gasteiger partial charge on any atom is 0.244 e. The minimum absolute atomic E-state index is 0.00453. The molecule has 1 atom stereocenters. The number of amides is 1. The first-order chi connectivity index (χ1) is 13.4. The van der Waals surface area contributed by atoms with Gasteiger partial charge in [-0.2, -0.15) is 0 Å². The highest BCUT2D eigenvalue weighted by Gasteiger charge is 2.24. The van der Waals surface area contributed by atoms with Gasteiger partial charge in [-0.15, -0.1) is 11.3 Å². The summed E-state index contributed by atoms with van der Waals surface area (Å²) in [6, 6.07) is 4.41. The minimum atomic E-state index is -3.99. The van der Waals surface area contributed by atoms with Gasteiger partial charge in [0.05, 0.1) is 16.6 Å². The number of sulfonamides is 1. The van der Waals surface area contributed by atoms with Crippen molar-refractivity contribution in [1.82, 2.24) is 15.0 Å².